The smallest absolute Gasteiger partial charge is 0.0719 e. The molecule has 0 unspecified atom stereocenters. The number of hydrogen-bond acceptors (Lipinski definition) is 4. The Morgan fingerprint density at radius 3 is 2.60 bits per heavy atom. The molecular formula is C11H15NO2S. The van der Waals surface area contributed by atoms with E-state index in [0.717, 1.165) is 19.6 Å². The molecule has 0 spiro atoms. The Morgan fingerprint density at radius 2 is 2.07 bits per heavy atom. The van der Waals surface area contributed by atoms with Crippen molar-refractivity contribution in [2.45, 2.75) is 16.6 Å². The summed E-state index contributed by atoms with van der Waals surface area (Å²) in [7, 11) is 0. The molecule has 2 rings (SSSR count). The highest BCUT2D eigenvalue weighted by Crippen LogP contribution is 2.27. The Balaban J connectivity index is 1.85. The van der Waals surface area contributed by atoms with Crippen molar-refractivity contribution in [3.8, 4) is 0 Å². The van der Waals surface area contributed by atoms with Crippen LogP contribution < -0.4 is 5.90 Å². The van der Waals surface area contributed by atoms with Gasteiger partial charge in [0.1, 0.15) is 0 Å². The number of benzene rings is 1. The summed E-state index contributed by atoms with van der Waals surface area (Å²) in [6.07, 6.45) is 0.869. The van der Waals surface area contributed by atoms with Crippen LogP contribution in [-0.2, 0) is 16.0 Å². The van der Waals surface area contributed by atoms with Gasteiger partial charge >= 0.3 is 0 Å². The summed E-state index contributed by atoms with van der Waals surface area (Å²) in [5.41, 5.74) is 1.26. The summed E-state index contributed by atoms with van der Waals surface area (Å²) < 4.78 is 5.13. The normalized spacial score (nSPS) is 16.3. The number of hydrogen-bond donors (Lipinski definition) is 1. The predicted octanol–water partition coefficient (Wildman–Crippen LogP) is 1.61. The lowest BCUT2D eigenvalue weighted by Gasteiger charge is -2.25. The Bertz CT molecular complexity index is 298. The third-order valence-electron chi connectivity index (χ3n) is 2.34. The second kappa shape index (κ2) is 5.51. The fourth-order valence-electron chi connectivity index (χ4n) is 1.39. The molecule has 1 aliphatic heterocycles. The van der Waals surface area contributed by atoms with Crippen LogP contribution in [0.15, 0.2) is 29.2 Å². The van der Waals surface area contributed by atoms with Gasteiger partial charge in [-0.15, -0.1) is 11.8 Å². The molecule has 0 aliphatic carbocycles. The zero-order valence-electron chi connectivity index (χ0n) is 8.52. The van der Waals surface area contributed by atoms with Crippen LogP contribution >= 0.6 is 11.8 Å². The summed E-state index contributed by atoms with van der Waals surface area (Å²) in [4.78, 5) is 5.85. The van der Waals surface area contributed by atoms with Gasteiger partial charge in [0.15, 0.2) is 0 Å². The number of ether oxygens (including phenoxy) is 1. The van der Waals surface area contributed by atoms with Crippen LogP contribution in [0.4, 0.5) is 0 Å². The Morgan fingerprint density at radius 1 is 1.33 bits per heavy atom. The van der Waals surface area contributed by atoms with Crippen LogP contribution in [-0.4, -0.2) is 25.1 Å². The van der Waals surface area contributed by atoms with E-state index in [1.54, 1.807) is 0 Å². The van der Waals surface area contributed by atoms with Crippen molar-refractivity contribution in [1.29, 1.82) is 0 Å². The molecule has 0 amide bonds. The Kier molecular flexibility index (Phi) is 4.02. The summed E-state index contributed by atoms with van der Waals surface area (Å²) in [6.45, 7) is 2.34. The second-order valence-corrected chi connectivity index (χ2v) is 4.92. The van der Waals surface area contributed by atoms with Gasteiger partial charge in [-0.1, -0.05) is 12.1 Å². The highest BCUT2D eigenvalue weighted by Gasteiger charge is 2.19. The van der Waals surface area contributed by atoms with Gasteiger partial charge in [0.2, 0.25) is 0 Å². The first kappa shape index (κ1) is 11.0. The zero-order valence-corrected chi connectivity index (χ0v) is 9.33. The summed E-state index contributed by atoms with van der Waals surface area (Å²) in [5.74, 6) is 4.98. The minimum atomic E-state index is 0.572. The molecule has 0 saturated carbocycles. The lowest BCUT2D eigenvalue weighted by molar-refractivity contribution is 0.0455. The van der Waals surface area contributed by atoms with E-state index in [-0.39, 0.29) is 0 Å². The van der Waals surface area contributed by atoms with Crippen LogP contribution in [0.1, 0.15) is 5.56 Å². The first-order valence-corrected chi connectivity index (χ1v) is 5.91. The van der Waals surface area contributed by atoms with Crippen LogP contribution in [0.25, 0.3) is 0 Å². The van der Waals surface area contributed by atoms with E-state index in [1.165, 1.54) is 10.5 Å². The third kappa shape index (κ3) is 3.21. The van der Waals surface area contributed by atoms with E-state index in [4.69, 9.17) is 10.6 Å². The van der Waals surface area contributed by atoms with Crippen molar-refractivity contribution >= 4 is 11.8 Å². The van der Waals surface area contributed by atoms with Gasteiger partial charge in [0.05, 0.1) is 25.1 Å². The standard InChI is InChI=1S/C11H15NO2S/c12-14-6-5-9-1-3-10(4-2-9)15-11-7-13-8-11/h1-4,11H,5-8,12H2. The molecule has 0 bridgehead atoms. The lowest BCUT2D eigenvalue weighted by Crippen LogP contribution is -2.29. The van der Waals surface area contributed by atoms with Gasteiger partial charge in [-0.3, -0.25) is 0 Å². The average Bonchev–Trinajstić information content (AvgIpc) is 2.22. The minimum Gasteiger partial charge on any atom is -0.379 e. The van der Waals surface area contributed by atoms with Gasteiger partial charge in [-0.05, 0) is 24.1 Å². The van der Waals surface area contributed by atoms with E-state index in [1.807, 2.05) is 11.8 Å². The molecule has 4 heteroatoms. The minimum absolute atomic E-state index is 0.572. The van der Waals surface area contributed by atoms with Crippen molar-refractivity contribution < 1.29 is 9.57 Å². The van der Waals surface area contributed by atoms with Crippen molar-refractivity contribution in [2.24, 2.45) is 5.90 Å². The van der Waals surface area contributed by atoms with E-state index < -0.39 is 0 Å². The zero-order chi connectivity index (χ0) is 10.5. The van der Waals surface area contributed by atoms with Crippen LogP contribution in [0, 0.1) is 0 Å². The lowest BCUT2D eigenvalue weighted by atomic mass is 10.2. The summed E-state index contributed by atoms with van der Waals surface area (Å²) >= 11 is 1.88. The summed E-state index contributed by atoms with van der Waals surface area (Å²) in [6, 6.07) is 8.55. The van der Waals surface area contributed by atoms with Crippen LogP contribution in [0.3, 0.4) is 0 Å². The Labute approximate surface area is 93.9 Å². The summed E-state index contributed by atoms with van der Waals surface area (Å²) in [5, 5.41) is 0.642. The van der Waals surface area contributed by atoms with Crippen molar-refractivity contribution in [3.63, 3.8) is 0 Å². The predicted molar refractivity (Wildman–Crippen MR) is 60.7 cm³/mol. The van der Waals surface area contributed by atoms with Gasteiger partial charge in [-0.2, -0.15) is 0 Å². The van der Waals surface area contributed by atoms with Crippen molar-refractivity contribution in [1.82, 2.24) is 0 Å². The maximum atomic E-state index is 5.13. The molecule has 1 aliphatic rings. The molecule has 1 saturated heterocycles. The highest BCUT2D eigenvalue weighted by molar-refractivity contribution is 8.00. The first-order valence-electron chi connectivity index (χ1n) is 5.03. The molecule has 1 fully saturated rings. The third-order valence-corrected chi connectivity index (χ3v) is 3.49. The second-order valence-electron chi connectivity index (χ2n) is 3.54. The van der Waals surface area contributed by atoms with Crippen LogP contribution in [0.2, 0.25) is 0 Å². The van der Waals surface area contributed by atoms with Crippen molar-refractivity contribution in [2.75, 3.05) is 19.8 Å². The van der Waals surface area contributed by atoms with Gasteiger partial charge in [-0.25, -0.2) is 5.90 Å². The highest BCUT2D eigenvalue weighted by atomic mass is 32.2. The molecule has 3 nitrogen and oxygen atoms in total. The maximum Gasteiger partial charge on any atom is 0.0719 e. The van der Waals surface area contributed by atoms with Crippen molar-refractivity contribution in [3.05, 3.63) is 29.8 Å². The molecule has 1 heterocycles. The number of thioether (sulfide) groups is 1. The average molecular weight is 225 g/mol. The number of rotatable bonds is 5. The fourth-order valence-corrected chi connectivity index (χ4v) is 2.39. The molecule has 1 aromatic rings. The molecular weight excluding hydrogens is 210 g/mol. The quantitative estimate of drug-likeness (QED) is 0.773. The molecule has 15 heavy (non-hydrogen) atoms. The fraction of sp³-hybridized carbons (Fsp3) is 0.455. The number of nitrogens with two attached hydrogens (primary N) is 1. The van der Waals surface area contributed by atoms with Gasteiger partial charge in [0.25, 0.3) is 0 Å². The maximum absolute atomic E-state index is 5.13. The van der Waals surface area contributed by atoms with Crippen LogP contribution in [0.5, 0.6) is 0 Å². The largest absolute Gasteiger partial charge is 0.379 e. The molecule has 0 atom stereocenters. The van der Waals surface area contributed by atoms with E-state index >= 15 is 0 Å². The molecule has 1 aromatic carbocycles. The van der Waals surface area contributed by atoms with E-state index in [9.17, 15) is 0 Å². The topological polar surface area (TPSA) is 44.5 Å². The molecule has 0 aromatic heterocycles. The Hall–Kier alpha value is -0.550. The van der Waals surface area contributed by atoms with Gasteiger partial charge in [0, 0.05) is 4.90 Å². The van der Waals surface area contributed by atoms with Gasteiger partial charge < -0.3 is 9.57 Å². The SMILES string of the molecule is NOCCc1ccc(SC2COC2)cc1. The first-order chi connectivity index (χ1) is 7.38. The molecule has 0 radical (unpaired) electrons. The van der Waals surface area contributed by atoms with E-state index in [0.29, 0.717) is 11.9 Å². The monoisotopic (exact) mass is 225 g/mol. The van der Waals surface area contributed by atoms with E-state index in [2.05, 4.69) is 29.1 Å². The molecule has 2 N–H and O–H groups in total. The molecule has 82 valence electrons.